The standard InChI is InChI=1S/C9H10O4/c1-6(9(11)12)13-8-4-2-7(10)3-5-8/h2-6,10H,1H3,(H,11,12). The molecule has 0 aromatic heterocycles. The third-order valence-electron chi connectivity index (χ3n) is 1.50. The van der Waals surface area contributed by atoms with Gasteiger partial charge in [-0.05, 0) is 31.2 Å². The zero-order valence-corrected chi connectivity index (χ0v) is 7.10. The molecule has 1 atom stereocenters. The maximum absolute atomic E-state index is 10.4. The Labute approximate surface area is 75.4 Å². The van der Waals surface area contributed by atoms with Crippen LogP contribution in [0.5, 0.6) is 11.5 Å². The summed E-state index contributed by atoms with van der Waals surface area (Å²) in [5.74, 6) is -0.476. The first-order valence-electron chi connectivity index (χ1n) is 3.78. The van der Waals surface area contributed by atoms with Crippen LogP contribution in [0.2, 0.25) is 0 Å². The van der Waals surface area contributed by atoms with Crippen LogP contribution in [0.25, 0.3) is 0 Å². The van der Waals surface area contributed by atoms with Gasteiger partial charge < -0.3 is 14.9 Å². The summed E-state index contributed by atoms with van der Waals surface area (Å²) in [7, 11) is 0. The second-order valence-corrected chi connectivity index (χ2v) is 2.59. The lowest BCUT2D eigenvalue weighted by atomic mass is 10.3. The molecule has 2 N–H and O–H groups in total. The van der Waals surface area contributed by atoms with Gasteiger partial charge in [0.05, 0.1) is 0 Å². The average Bonchev–Trinajstić information content (AvgIpc) is 2.08. The van der Waals surface area contributed by atoms with Gasteiger partial charge in [0.1, 0.15) is 11.5 Å². The molecule has 0 spiro atoms. The van der Waals surface area contributed by atoms with Gasteiger partial charge in [-0.15, -0.1) is 0 Å². The molecular formula is C9H10O4. The maximum atomic E-state index is 10.4. The highest BCUT2D eigenvalue weighted by Gasteiger charge is 2.11. The first kappa shape index (κ1) is 9.38. The molecule has 70 valence electrons. The Kier molecular flexibility index (Phi) is 2.74. The van der Waals surface area contributed by atoms with Crippen molar-refractivity contribution in [1.82, 2.24) is 0 Å². The monoisotopic (exact) mass is 182 g/mol. The molecule has 0 saturated heterocycles. The molecule has 0 heterocycles. The minimum absolute atomic E-state index is 0.121. The molecule has 0 amide bonds. The van der Waals surface area contributed by atoms with Crippen molar-refractivity contribution in [2.45, 2.75) is 13.0 Å². The number of hydrogen-bond donors (Lipinski definition) is 2. The van der Waals surface area contributed by atoms with Gasteiger partial charge in [0.15, 0.2) is 6.10 Å². The summed E-state index contributed by atoms with van der Waals surface area (Å²) in [6.07, 6.45) is -0.885. The molecule has 0 saturated carbocycles. The van der Waals surface area contributed by atoms with Gasteiger partial charge in [-0.25, -0.2) is 4.79 Å². The Bertz CT molecular complexity index is 291. The highest BCUT2D eigenvalue weighted by atomic mass is 16.5. The second kappa shape index (κ2) is 3.80. The third kappa shape index (κ3) is 2.66. The second-order valence-electron chi connectivity index (χ2n) is 2.59. The van der Waals surface area contributed by atoms with Crippen LogP contribution in [0.1, 0.15) is 6.92 Å². The lowest BCUT2D eigenvalue weighted by Crippen LogP contribution is -2.22. The fourth-order valence-corrected chi connectivity index (χ4v) is 0.779. The van der Waals surface area contributed by atoms with Crippen molar-refractivity contribution >= 4 is 5.97 Å². The van der Waals surface area contributed by atoms with E-state index in [0.717, 1.165) is 0 Å². The van der Waals surface area contributed by atoms with E-state index in [4.69, 9.17) is 14.9 Å². The smallest absolute Gasteiger partial charge is 0.344 e. The number of carbonyl (C=O) groups is 1. The van der Waals surface area contributed by atoms with Crippen LogP contribution in [-0.4, -0.2) is 22.3 Å². The molecule has 4 heteroatoms. The van der Waals surface area contributed by atoms with Crippen molar-refractivity contribution in [3.05, 3.63) is 24.3 Å². The number of phenolic OH excluding ortho intramolecular Hbond substituents is 1. The molecule has 4 nitrogen and oxygen atoms in total. The highest BCUT2D eigenvalue weighted by molar-refractivity contribution is 5.72. The van der Waals surface area contributed by atoms with Crippen LogP contribution >= 0.6 is 0 Å². The molecule has 0 radical (unpaired) electrons. The Morgan fingerprint density at radius 1 is 1.38 bits per heavy atom. The summed E-state index contributed by atoms with van der Waals surface area (Å²) in [6, 6.07) is 5.89. The minimum Gasteiger partial charge on any atom is -0.508 e. The van der Waals surface area contributed by atoms with Crippen molar-refractivity contribution in [2.75, 3.05) is 0 Å². The molecular weight excluding hydrogens is 172 g/mol. The summed E-state index contributed by atoms with van der Waals surface area (Å²) in [5, 5.41) is 17.5. The number of aliphatic carboxylic acids is 1. The predicted octanol–water partition coefficient (Wildman–Crippen LogP) is 1.24. The van der Waals surface area contributed by atoms with E-state index in [2.05, 4.69) is 0 Å². The largest absolute Gasteiger partial charge is 0.508 e. The zero-order chi connectivity index (χ0) is 9.84. The van der Waals surface area contributed by atoms with Gasteiger partial charge in [0, 0.05) is 0 Å². The number of benzene rings is 1. The summed E-state index contributed by atoms with van der Waals surface area (Å²) < 4.78 is 5.02. The third-order valence-corrected chi connectivity index (χ3v) is 1.50. The fraction of sp³-hybridized carbons (Fsp3) is 0.222. The van der Waals surface area contributed by atoms with E-state index < -0.39 is 12.1 Å². The first-order chi connectivity index (χ1) is 6.09. The van der Waals surface area contributed by atoms with E-state index in [1.54, 1.807) is 0 Å². The van der Waals surface area contributed by atoms with Gasteiger partial charge in [0.2, 0.25) is 0 Å². The van der Waals surface area contributed by atoms with Gasteiger partial charge in [-0.3, -0.25) is 0 Å². The number of rotatable bonds is 3. The number of phenols is 1. The topological polar surface area (TPSA) is 66.8 Å². The van der Waals surface area contributed by atoms with Crippen molar-refractivity contribution in [2.24, 2.45) is 0 Å². The van der Waals surface area contributed by atoms with Crippen LogP contribution in [-0.2, 0) is 4.79 Å². The number of hydrogen-bond acceptors (Lipinski definition) is 3. The molecule has 0 bridgehead atoms. The number of aromatic hydroxyl groups is 1. The zero-order valence-electron chi connectivity index (χ0n) is 7.10. The summed E-state index contributed by atoms with van der Waals surface area (Å²) in [4.78, 5) is 10.4. The van der Waals surface area contributed by atoms with E-state index >= 15 is 0 Å². The van der Waals surface area contributed by atoms with Crippen molar-refractivity contribution in [3.8, 4) is 11.5 Å². The Balaban J connectivity index is 2.64. The number of carboxylic acids is 1. The minimum atomic E-state index is -1.02. The Morgan fingerprint density at radius 3 is 2.38 bits per heavy atom. The van der Waals surface area contributed by atoms with Crippen LogP contribution < -0.4 is 4.74 Å². The summed E-state index contributed by atoms with van der Waals surface area (Å²) >= 11 is 0. The van der Waals surface area contributed by atoms with Crippen LogP contribution in [0.15, 0.2) is 24.3 Å². The molecule has 0 fully saturated rings. The molecule has 0 aliphatic rings. The maximum Gasteiger partial charge on any atom is 0.344 e. The van der Waals surface area contributed by atoms with E-state index in [9.17, 15) is 4.79 Å². The normalized spacial score (nSPS) is 12.1. The fourth-order valence-electron chi connectivity index (χ4n) is 0.779. The van der Waals surface area contributed by atoms with Gasteiger partial charge in [0.25, 0.3) is 0 Å². The first-order valence-corrected chi connectivity index (χ1v) is 3.78. The average molecular weight is 182 g/mol. The molecule has 0 aliphatic heterocycles. The Morgan fingerprint density at radius 2 is 1.92 bits per heavy atom. The van der Waals surface area contributed by atoms with Crippen LogP contribution in [0, 0.1) is 0 Å². The van der Waals surface area contributed by atoms with Crippen molar-refractivity contribution in [1.29, 1.82) is 0 Å². The molecule has 0 aliphatic carbocycles. The van der Waals surface area contributed by atoms with Gasteiger partial charge >= 0.3 is 5.97 Å². The molecule has 1 aromatic carbocycles. The molecule has 1 unspecified atom stereocenters. The SMILES string of the molecule is CC(Oc1ccc(O)cc1)C(=O)O. The van der Waals surface area contributed by atoms with Gasteiger partial charge in [-0.2, -0.15) is 0 Å². The highest BCUT2D eigenvalue weighted by Crippen LogP contribution is 2.16. The molecule has 1 aromatic rings. The van der Waals surface area contributed by atoms with Crippen LogP contribution in [0.3, 0.4) is 0 Å². The van der Waals surface area contributed by atoms with E-state index in [1.165, 1.54) is 31.2 Å². The quantitative estimate of drug-likeness (QED) is 0.738. The Hall–Kier alpha value is -1.71. The molecule has 1 rings (SSSR count). The van der Waals surface area contributed by atoms with E-state index in [0.29, 0.717) is 5.75 Å². The number of ether oxygens (including phenoxy) is 1. The van der Waals surface area contributed by atoms with E-state index in [-0.39, 0.29) is 5.75 Å². The predicted molar refractivity (Wildman–Crippen MR) is 45.8 cm³/mol. The lowest BCUT2D eigenvalue weighted by Gasteiger charge is -2.09. The summed E-state index contributed by atoms with van der Waals surface area (Å²) in [5.41, 5.74) is 0. The van der Waals surface area contributed by atoms with Crippen LogP contribution in [0.4, 0.5) is 0 Å². The van der Waals surface area contributed by atoms with Crippen molar-refractivity contribution in [3.63, 3.8) is 0 Å². The number of carboxylic acid groups (broad SMARTS) is 1. The molecule has 13 heavy (non-hydrogen) atoms. The van der Waals surface area contributed by atoms with Gasteiger partial charge in [-0.1, -0.05) is 0 Å². The van der Waals surface area contributed by atoms with Crippen molar-refractivity contribution < 1.29 is 19.7 Å². The lowest BCUT2D eigenvalue weighted by molar-refractivity contribution is -0.144. The van der Waals surface area contributed by atoms with E-state index in [1.807, 2.05) is 0 Å². The summed E-state index contributed by atoms with van der Waals surface area (Å²) in [6.45, 7) is 1.44.